The molecule has 24 heavy (non-hydrogen) atoms. The minimum absolute atomic E-state index is 0.226. The minimum Gasteiger partial charge on any atom is -0.334 e. The van der Waals surface area contributed by atoms with Crippen LogP contribution < -0.4 is 10.7 Å². The van der Waals surface area contributed by atoms with E-state index in [1.807, 2.05) is 42.0 Å². The van der Waals surface area contributed by atoms with Crippen molar-refractivity contribution in [2.24, 2.45) is 5.10 Å². The highest BCUT2D eigenvalue weighted by atomic mass is 16.2. The maximum absolute atomic E-state index is 11.9. The first-order chi connectivity index (χ1) is 11.7. The van der Waals surface area contributed by atoms with Crippen LogP contribution in [0.25, 0.3) is 5.69 Å². The summed E-state index contributed by atoms with van der Waals surface area (Å²) in [4.78, 5) is 16.0. The van der Waals surface area contributed by atoms with Crippen molar-refractivity contribution < 1.29 is 4.79 Å². The molecule has 1 heterocycles. The average Bonchev–Trinajstić information content (AvgIpc) is 3.15. The number of hydrogen-bond acceptors (Lipinski definition) is 3. The Morgan fingerprint density at radius 2 is 1.96 bits per heavy atom. The van der Waals surface area contributed by atoms with E-state index in [4.69, 9.17) is 0 Å². The molecule has 1 saturated carbocycles. The lowest BCUT2D eigenvalue weighted by molar-refractivity contribution is 0.233. The van der Waals surface area contributed by atoms with Crippen molar-refractivity contribution in [3.05, 3.63) is 48.5 Å². The van der Waals surface area contributed by atoms with Crippen molar-refractivity contribution in [2.45, 2.75) is 45.1 Å². The van der Waals surface area contributed by atoms with E-state index < -0.39 is 0 Å². The van der Waals surface area contributed by atoms with Gasteiger partial charge in [0.15, 0.2) is 0 Å². The topological polar surface area (TPSA) is 71.3 Å². The van der Waals surface area contributed by atoms with Crippen LogP contribution in [0, 0.1) is 0 Å². The molecule has 2 amide bonds. The number of aromatic nitrogens is 2. The maximum atomic E-state index is 11.9. The molecule has 0 radical (unpaired) electrons. The van der Waals surface area contributed by atoms with E-state index in [2.05, 4.69) is 20.8 Å². The average molecular weight is 325 g/mol. The first kappa shape index (κ1) is 16.2. The van der Waals surface area contributed by atoms with E-state index in [1.54, 1.807) is 12.5 Å². The van der Waals surface area contributed by atoms with Gasteiger partial charge in [-0.3, -0.25) is 0 Å². The van der Waals surface area contributed by atoms with Crippen LogP contribution in [0.3, 0.4) is 0 Å². The first-order valence-electron chi connectivity index (χ1n) is 8.42. The zero-order valence-electron chi connectivity index (χ0n) is 13.9. The summed E-state index contributed by atoms with van der Waals surface area (Å²) in [5.41, 5.74) is 5.37. The Labute approximate surface area is 142 Å². The standard InChI is InChI=1S/C18H23N5O/c1-14(21-22-18(24)20-16-5-3-2-4-6-16)15-7-9-17(10-8-15)23-12-11-19-13-23/h7-13,16H,2-6H2,1H3,(H2,20,22,24)/b21-14-. The van der Waals surface area contributed by atoms with Gasteiger partial charge in [-0.15, -0.1) is 0 Å². The molecule has 6 nitrogen and oxygen atoms in total. The van der Waals surface area contributed by atoms with Gasteiger partial charge in [-0.05, 0) is 37.5 Å². The molecular formula is C18H23N5O. The molecule has 1 aliphatic carbocycles. The van der Waals surface area contributed by atoms with Crippen LogP contribution in [0.15, 0.2) is 48.1 Å². The number of amides is 2. The van der Waals surface area contributed by atoms with Gasteiger partial charge in [0.25, 0.3) is 0 Å². The lowest BCUT2D eigenvalue weighted by Crippen LogP contribution is -2.41. The van der Waals surface area contributed by atoms with E-state index in [1.165, 1.54) is 19.3 Å². The zero-order chi connectivity index (χ0) is 16.8. The molecule has 2 aromatic rings. The van der Waals surface area contributed by atoms with Gasteiger partial charge in [-0.25, -0.2) is 15.2 Å². The molecule has 0 aliphatic heterocycles. The lowest BCUT2D eigenvalue weighted by Gasteiger charge is -2.22. The number of imidazole rings is 1. The van der Waals surface area contributed by atoms with Gasteiger partial charge in [0.1, 0.15) is 0 Å². The normalized spacial score (nSPS) is 16.0. The van der Waals surface area contributed by atoms with E-state index in [-0.39, 0.29) is 12.1 Å². The van der Waals surface area contributed by atoms with Crippen molar-refractivity contribution in [3.63, 3.8) is 0 Å². The molecule has 3 rings (SSSR count). The molecule has 1 aliphatic rings. The number of rotatable bonds is 4. The van der Waals surface area contributed by atoms with Gasteiger partial charge in [0, 0.05) is 24.1 Å². The van der Waals surface area contributed by atoms with E-state index >= 15 is 0 Å². The number of hydrazone groups is 1. The van der Waals surface area contributed by atoms with Crippen molar-refractivity contribution in [1.29, 1.82) is 0 Å². The predicted octanol–water partition coefficient (Wildman–Crippen LogP) is 3.23. The maximum Gasteiger partial charge on any atom is 0.335 e. The Kier molecular flexibility index (Phi) is 5.25. The molecular weight excluding hydrogens is 302 g/mol. The Morgan fingerprint density at radius 3 is 2.62 bits per heavy atom. The van der Waals surface area contributed by atoms with E-state index in [9.17, 15) is 4.79 Å². The Hall–Kier alpha value is -2.63. The summed E-state index contributed by atoms with van der Waals surface area (Å²) in [5, 5.41) is 7.17. The lowest BCUT2D eigenvalue weighted by atomic mass is 9.96. The monoisotopic (exact) mass is 325 g/mol. The smallest absolute Gasteiger partial charge is 0.334 e. The van der Waals surface area contributed by atoms with Gasteiger partial charge in [-0.1, -0.05) is 31.4 Å². The van der Waals surface area contributed by atoms with Crippen LogP contribution in [-0.2, 0) is 0 Å². The van der Waals surface area contributed by atoms with E-state index in [0.717, 1.165) is 29.8 Å². The molecule has 1 fully saturated rings. The largest absolute Gasteiger partial charge is 0.335 e. The number of urea groups is 1. The molecule has 0 spiro atoms. The molecule has 2 N–H and O–H groups in total. The molecule has 0 atom stereocenters. The van der Waals surface area contributed by atoms with Crippen LogP contribution in [0.2, 0.25) is 0 Å². The number of benzene rings is 1. The van der Waals surface area contributed by atoms with Crippen LogP contribution >= 0.6 is 0 Å². The second kappa shape index (κ2) is 7.77. The van der Waals surface area contributed by atoms with Crippen LogP contribution in [0.5, 0.6) is 0 Å². The first-order valence-corrected chi connectivity index (χ1v) is 8.42. The van der Waals surface area contributed by atoms with Gasteiger partial charge < -0.3 is 9.88 Å². The SMILES string of the molecule is C/C(=N/NC(=O)NC1CCCCC1)c1ccc(-n2ccnc2)cc1. The number of hydrogen-bond donors (Lipinski definition) is 2. The third kappa shape index (κ3) is 4.22. The highest BCUT2D eigenvalue weighted by Gasteiger charge is 2.15. The van der Waals surface area contributed by atoms with Crippen molar-refractivity contribution in [3.8, 4) is 5.69 Å². The molecule has 1 aromatic heterocycles. The second-order valence-corrected chi connectivity index (χ2v) is 6.13. The number of carbonyl (C=O) groups is 1. The molecule has 0 saturated heterocycles. The molecule has 6 heteroatoms. The van der Waals surface area contributed by atoms with Crippen LogP contribution in [0.4, 0.5) is 4.79 Å². The summed E-state index contributed by atoms with van der Waals surface area (Å²) in [6.07, 6.45) is 11.2. The second-order valence-electron chi connectivity index (χ2n) is 6.13. The quantitative estimate of drug-likeness (QED) is 0.669. The summed E-state index contributed by atoms with van der Waals surface area (Å²) in [6, 6.07) is 8.01. The van der Waals surface area contributed by atoms with Gasteiger partial charge in [0.05, 0.1) is 12.0 Å². The summed E-state index contributed by atoms with van der Waals surface area (Å²) >= 11 is 0. The zero-order valence-corrected chi connectivity index (χ0v) is 13.9. The summed E-state index contributed by atoms with van der Waals surface area (Å²) < 4.78 is 1.94. The number of nitrogens with one attached hydrogen (secondary N) is 2. The van der Waals surface area contributed by atoms with Gasteiger partial charge in [0.2, 0.25) is 0 Å². The molecule has 0 unspecified atom stereocenters. The molecule has 126 valence electrons. The van der Waals surface area contributed by atoms with Crippen molar-refractivity contribution in [1.82, 2.24) is 20.3 Å². The van der Waals surface area contributed by atoms with E-state index in [0.29, 0.717) is 0 Å². The fraction of sp³-hybridized carbons (Fsp3) is 0.389. The highest BCUT2D eigenvalue weighted by Crippen LogP contribution is 2.17. The Balaban J connectivity index is 1.55. The van der Waals surface area contributed by atoms with Crippen molar-refractivity contribution in [2.75, 3.05) is 0 Å². The van der Waals surface area contributed by atoms with Crippen LogP contribution in [0.1, 0.15) is 44.6 Å². The molecule has 0 bridgehead atoms. The Bertz CT molecular complexity index is 685. The molecule has 1 aromatic carbocycles. The predicted molar refractivity (Wildman–Crippen MR) is 94.3 cm³/mol. The Morgan fingerprint density at radius 1 is 1.21 bits per heavy atom. The summed E-state index contributed by atoms with van der Waals surface area (Å²) in [6.45, 7) is 1.88. The number of carbonyl (C=O) groups excluding carboxylic acids is 1. The van der Waals surface area contributed by atoms with Crippen LogP contribution in [-0.4, -0.2) is 27.3 Å². The third-order valence-corrected chi connectivity index (χ3v) is 4.35. The van der Waals surface area contributed by atoms with Gasteiger partial charge >= 0.3 is 6.03 Å². The summed E-state index contributed by atoms with van der Waals surface area (Å²) in [7, 11) is 0. The fourth-order valence-corrected chi connectivity index (χ4v) is 2.95. The highest BCUT2D eigenvalue weighted by molar-refractivity contribution is 5.99. The van der Waals surface area contributed by atoms with Crippen molar-refractivity contribution >= 4 is 11.7 Å². The minimum atomic E-state index is -0.226. The summed E-state index contributed by atoms with van der Waals surface area (Å²) in [5.74, 6) is 0. The number of nitrogens with zero attached hydrogens (tertiary/aromatic N) is 3. The third-order valence-electron chi connectivity index (χ3n) is 4.35. The fourth-order valence-electron chi connectivity index (χ4n) is 2.95. The van der Waals surface area contributed by atoms with Gasteiger partial charge in [-0.2, -0.15) is 5.10 Å².